The van der Waals surface area contributed by atoms with Gasteiger partial charge in [0, 0.05) is 18.3 Å². The molecule has 0 fully saturated rings. The predicted molar refractivity (Wildman–Crippen MR) is 64.6 cm³/mol. The summed E-state index contributed by atoms with van der Waals surface area (Å²) in [6.07, 6.45) is 5.08. The second-order valence-electron chi connectivity index (χ2n) is 3.94. The van der Waals surface area contributed by atoms with E-state index in [1.165, 1.54) is 23.9 Å². The number of rotatable bonds is 1. The molecule has 1 aromatic heterocycles. The average molecular weight is 226 g/mol. The number of anilines is 1. The molecule has 2 aromatic rings. The molecule has 0 radical (unpaired) electrons. The summed E-state index contributed by atoms with van der Waals surface area (Å²) in [6, 6.07) is 8.26. The fraction of sp³-hybridized carbons (Fsp3) is 0.167. The Bertz CT molecular complexity index is 564. The van der Waals surface area contributed by atoms with E-state index in [9.17, 15) is 0 Å². The molecule has 5 nitrogen and oxygen atoms in total. The molecule has 1 aromatic carbocycles. The van der Waals surface area contributed by atoms with Gasteiger partial charge in [-0.3, -0.25) is 0 Å². The number of aromatic nitrogens is 3. The van der Waals surface area contributed by atoms with E-state index < -0.39 is 0 Å². The zero-order chi connectivity index (χ0) is 11.7. The Hall–Kier alpha value is -2.30. The zero-order valence-electron chi connectivity index (χ0n) is 9.48. The maximum atomic E-state index is 4.16. The van der Waals surface area contributed by atoms with Gasteiger partial charge in [0.15, 0.2) is 12.7 Å². The van der Waals surface area contributed by atoms with Crippen LogP contribution in [0.4, 0.5) is 11.6 Å². The maximum Gasteiger partial charge on any atom is 0.437 e. The molecule has 0 unspecified atom stereocenters. The number of para-hydroxylation sites is 1. The van der Waals surface area contributed by atoms with Crippen LogP contribution in [-0.2, 0) is 0 Å². The van der Waals surface area contributed by atoms with Gasteiger partial charge in [-0.05, 0) is 6.07 Å². The third-order valence-corrected chi connectivity index (χ3v) is 2.74. The highest BCUT2D eigenvalue weighted by molar-refractivity contribution is 5.86. The zero-order valence-corrected chi connectivity index (χ0v) is 9.48. The maximum absolute atomic E-state index is 4.16. The third kappa shape index (κ3) is 1.75. The summed E-state index contributed by atoms with van der Waals surface area (Å²) >= 11 is 0. The highest BCUT2D eigenvalue weighted by Crippen LogP contribution is 2.21. The van der Waals surface area contributed by atoms with Crippen LogP contribution in [0.2, 0.25) is 0 Å². The van der Waals surface area contributed by atoms with Crippen LogP contribution in [0, 0.1) is 0 Å². The van der Waals surface area contributed by atoms with Gasteiger partial charge in [-0.2, -0.15) is 4.98 Å². The minimum Gasteiger partial charge on any atom is -0.344 e. The van der Waals surface area contributed by atoms with Gasteiger partial charge in [0.05, 0.1) is 6.21 Å². The van der Waals surface area contributed by atoms with E-state index in [2.05, 4.69) is 45.2 Å². The molecule has 0 bridgehead atoms. The van der Waals surface area contributed by atoms with Crippen LogP contribution in [0.15, 0.2) is 36.9 Å². The Morgan fingerprint density at radius 2 is 1.94 bits per heavy atom. The second kappa shape index (κ2) is 3.93. The van der Waals surface area contributed by atoms with Gasteiger partial charge in [0.25, 0.3) is 0 Å². The first-order valence-corrected chi connectivity index (χ1v) is 5.38. The van der Waals surface area contributed by atoms with Crippen molar-refractivity contribution < 1.29 is 4.58 Å². The predicted octanol–water partition coefficient (Wildman–Crippen LogP) is 1.04. The molecule has 1 aliphatic rings. The van der Waals surface area contributed by atoms with Crippen molar-refractivity contribution in [1.82, 2.24) is 15.0 Å². The van der Waals surface area contributed by atoms with Crippen LogP contribution in [0.25, 0.3) is 0 Å². The van der Waals surface area contributed by atoms with Crippen molar-refractivity contribution in [3.8, 4) is 0 Å². The van der Waals surface area contributed by atoms with Crippen LogP contribution in [-0.4, -0.2) is 39.5 Å². The first kappa shape index (κ1) is 9.89. The highest BCUT2D eigenvalue weighted by Gasteiger charge is 2.20. The average Bonchev–Trinajstić information content (AvgIpc) is 2.40. The van der Waals surface area contributed by atoms with Crippen molar-refractivity contribution in [3.63, 3.8) is 0 Å². The Labute approximate surface area is 99.1 Å². The van der Waals surface area contributed by atoms with Crippen molar-refractivity contribution >= 4 is 17.9 Å². The van der Waals surface area contributed by atoms with E-state index in [0.717, 1.165) is 6.67 Å². The molecule has 17 heavy (non-hydrogen) atoms. The minimum atomic E-state index is 0.668. The van der Waals surface area contributed by atoms with E-state index in [4.69, 9.17) is 0 Å². The standard InChI is InChI=1S/C12H12N5/c1-16-9-17(12-14-7-13-8-15-12)6-10-4-2-3-5-11(10)16/h2-8H,9H2,1H3/q+1. The molecular formula is C12H12N5+. The second-order valence-corrected chi connectivity index (χ2v) is 3.94. The third-order valence-electron chi connectivity index (χ3n) is 2.74. The van der Waals surface area contributed by atoms with Gasteiger partial charge in [0.2, 0.25) is 0 Å². The Morgan fingerprint density at radius 1 is 1.18 bits per heavy atom. The highest BCUT2D eigenvalue weighted by atomic mass is 15.3. The summed E-state index contributed by atoms with van der Waals surface area (Å²) < 4.78 is 2.00. The summed E-state index contributed by atoms with van der Waals surface area (Å²) in [6.45, 7) is 0.737. The van der Waals surface area contributed by atoms with Crippen molar-refractivity contribution in [3.05, 3.63) is 42.5 Å². The van der Waals surface area contributed by atoms with Crippen LogP contribution in [0.5, 0.6) is 0 Å². The molecular weight excluding hydrogens is 214 g/mol. The van der Waals surface area contributed by atoms with Gasteiger partial charge < -0.3 is 4.90 Å². The number of benzene rings is 1. The lowest BCUT2D eigenvalue weighted by molar-refractivity contribution is -0.443. The summed E-state index contributed by atoms with van der Waals surface area (Å²) in [5.74, 6) is 0.668. The van der Waals surface area contributed by atoms with Gasteiger partial charge in [-0.15, -0.1) is 0 Å². The molecule has 1 aliphatic heterocycles. The molecule has 3 rings (SSSR count). The minimum absolute atomic E-state index is 0.668. The summed E-state index contributed by atoms with van der Waals surface area (Å²) in [4.78, 5) is 14.3. The van der Waals surface area contributed by atoms with Crippen LogP contribution >= 0.6 is 0 Å². The van der Waals surface area contributed by atoms with E-state index >= 15 is 0 Å². The van der Waals surface area contributed by atoms with Gasteiger partial charge in [-0.1, -0.05) is 28.2 Å². The summed E-state index contributed by atoms with van der Waals surface area (Å²) in [5.41, 5.74) is 2.39. The quantitative estimate of drug-likeness (QED) is 0.682. The van der Waals surface area contributed by atoms with E-state index in [1.807, 2.05) is 16.7 Å². The molecule has 5 heteroatoms. The normalized spacial score (nSPS) is 14.2. The van der Waals surface area contributed by atoms with E-state index in [1.54, 1.807) is 0 Å². The van der Waals surface area contributed by atoms with Crippen molar-refractivity contribution in [2.24, 2.45) is 0 Å². The molecule has 0 spiro atoms. The topological polar surface area (TPSA) is 44.9 Å². The lowest BCUT2D eigenvalue weighted by Gasteiger charge is -2.25. The number of fused-ring (bicyclic) bond motifs is 1. The fourth-order valence-electron chi connectivity index (χ4n) is 1.96. The molecule has 84 valence electrons. The van der Waals surface area contributed by atoms with Gasteiger partial charge in [-0.25, -0.2) is 4.58 Å². The van der Waals surface area contributed by atoms with E-state index in [-0.39, 0.29) is 0 Å². The molecule has 0 N–H and O–H groups in total. The smallest absolute Gasteiger partial charge is 0.344 e. The van der Waals surface area contributed by atoms with Crippen LogP contribution in [0.1, 0.15) is 5.56 Å². The van der Waals surface area contributed by atoms with Crippen LogP contribution in [0.3, 0.4) is 0 Å². The summed E-state index contributed by atoms with van der Waals surface area (Å²) in [5, 5.41) is 0. The number of nitrogens with zero attached hydrogens (tertiary/aromatic N) is 5. The van der Waals surface area contributed by atoms with Gasteiger partial charge >= 0.3 is 5.95 Å². The molecule has 0 aliphatic carbocycles. The molecule has 0 saturated carbocycles. The van der Waals surface area contributed by atoms with Crippen molar-refractivity contribution in [2.45, 2.75) is 0 Å². The first-order valence-electron chi connectivity index (χ1n) is 5.38. The fourth-order valence-corrected chi connectivity index (χ4v) is 1.96. The summed E-state index contributed by atoms with van der Waals surface area (Å²) in [7, 11) is 2.06. The first-order chi connectivity index (χ1) is 8.34. The van der Waals surface area contributed by atoms with E-state index in [0.29, 0.717) is 5.95 Å². The lowest BCUT2D eigenvalue weighted by atomic mass is 10.1. The van der Waals surface area contributed by atoms with Gasteiger partial charge in [0.1, 0.15) is 6.67 Å². The molecule has 2 heterocycles. The lowest BCUT2D eigenvalue weighted by Crippen LogP contribution is -2.32. The Morgan fingerprint density at radius 3 is 2.76 bits per heavy atom. The Balaban J connectivity index is 2.08. The van der Waals surface area contributed by atoms with Crippen molar-refractivity contribution in [2.75, 3.05) is 18.6 Å². The monoisotopic (exact) mass is 226 g/mol. The molecule has 0 amide bonds. The number of hydrogen-bond acceptors (Lipinski definition) is 4. The SMILES string of the molecule is CN1C[N+](c2ncncn2)=Cc2ccccc21. The Kier molecular flexibility index (Phi) is 2.29. The molecule has 0 saturated heterocycles. The van der Waals surface area contributed by atoms with Crippen LogP contribution < -0.4 is 4.90 Å². The number of hydrogen-bond donors (Lipinski definition) is 0. The largest absolute Gasteiger partial charge is 0.437 e. The van der Waals surface area contributed by atoms with Crippen molar-refractivity contribution in [1.29, 1.82) is 0 Å². The molecule has 0 atom stereocenters.